The molecule has 0 spiro atoms. The normalized spacial score (nSPS) is 10.4. The predicted molar refractivity (Wildman–Crippen MR) is 41.1 cm³/mol. The quantitative estimate of drug-likeness (QED) is 0.687. The van der Waals surface area contributed by atoms with Crippen LogP contribution in [-0.4, -0.2) is 10.1 Å². The number of hydrogen-bond acceptors (Lipinski definition) is 5. The summed E-state index contributed by atoms with van der Waals surface area (Å²) in [5.74, 6) is 1.20. The van der Waals surface area contributed by atoms with Crippen LogP contribution in [0.4, 0.5) is 6.01 Å². The molecule has 2 aromatic rings. The Bertz CT molecular complexity index is 391. The van der Waals surface area contributed by atoms with Crippen LogP contribution in [0.15, 0.2) is 21.3 Å². The van der Waals surface area contributed by atoms with E-state index in [-0.39, 0.29) is 6.01 Å². The van der Waals surface area contributed by atoms with Crippen LogP contribution in [0, 0.1) is 6.92 Å². The minimum Gasteiger partial charge on any atom is -0.469 e. The summed E-state index contributed by atoms with van der Waals surface area (Å²) in [6.07, 6.45) is 1.57. The van der Waals surface area contributed by atoms with Gasteiger partial charge in [-0.05, 0) is 13.0 Å². The van der Waals surface area contributed by atoms with Crippen LogP contribution in [0.1, 0.15) is 5.76 Å². The Labute approximate surface area is 68.2 Å². The SMILES string of the molecule is Cc1occc1-c1noc(N)n1. The highest BCUT2D eigenvalue weighted by molar-refractivity contribution is 5.56. The number of rotatable bonds is 1. The van der Waals surface area contributed by atoms with Crippen LogP contribution in [0.25, 0.3) is 11.4 Å². The molecule has 2 rings (SSSR count). The van der Waals surface area contributed by atoms with Gasteiger partial charge in [-0.1, -0.05) is 5.16 Å². The third-order valence-electron chi connectivity index (χ3n) is 1.54. The summed E-state index contributed by atoms with van der Waals surface area (Å²) >= 11 is 0. The summed E-state index contributed by atoms with van der Waals surface area (Å²) in [6.45, 7) is 1.82. The summed E-state index contributed by atoms with van der Waals surface area (Å²) in [5, 5.41) is 3.65. The minimum absolute atomic E-state index is 0.0607. The number of aromatic nitrogens is 2. The average molecular weight is 165 g/mol. The topological polar surface area (TPSA) is 78.1 Å². The molecule has 5 nitrogen and oxygen atoms in total. The molecule has 12 heavy (non-hydrogen) atoms. The van der Waals surface area contributed by atoms with Gasteiger partial charge in [0.05, 0.1) is 11.8 Å². The molecule has 0 aliphatic rings. The molecule has 0 saturated heterocycles. The van der Waals surface area contributed by atoms with Crippen LogP contribution in [0.2, 0.25) is 0 Å². The fraction of sp³-hybridized carbons (Fsp3) is 0.143. The zero-order valence-corrected chi connectivity index (χ0v) is 6.44. The van der Waals surface area contributed by atoms with E-state index in [2.05, 4.69) is 14.7 Å². The molecule has 0 fully saturated rings. The first-order chi connectivity index (χ1) is 5.77. The van der Waals surface area contributed by atoms with Gasteiger partial charge in [-0.2, -0.15) is 4.98 Å². The van der Waals surface area contributed by atoms with Gasteiger partial charge in [0.2, 0.25) is 5.82 Å². The van der Waals surface area contributed by atoms with Crippen molar-refractivity contribution in [2.75, 3.05) is 5.73 Å². The lowest BCUT2D eigenvalue weighted by Crippen LogP contribution is -1.83. The number of anilines is 1. The van der Waals surface area contributed by atoms with Crippen molar-refractivity contribution in [1.82, 2.24) is 10.1 Å². The molecule has 0 saturated carbocycles. The molecule has 0 aromatic carbocycles. The third-order valence-corrected chi connectivity index (χ3v) is 1.54. The minimum atomic E-state index is 0.0607. The van der Waals surface area contributed by atoms with E-state index in [0.717, 1.165) is 11.3 Å². The van der Waals surface area contributed by atoms with Crippen molar-refractivity contribution in [3.63, 3.8) is 0 Å². The molecule has 62 valence electrons. The van der Waals surface area contributed by atoms with Crippen LogP contribution in [0.5, 0.6) is 0 Å². The van der Waals surface area contributed by atoms with E-state index < -0.39 is 0 Å². The number of furan rings is 1. The lowest BCUT2D eigenvalue weighted by Gasteiger charge is -1.86. The third kappa shape index (κ3) is 0.952. The smallest absolute Gasteiger partial charge is 0.319 e. The van der Waals surface area contributed by atoms with E-state index in [1.54, 1.807) is 12.3 Å². The molecule has 0 amide bonds. The molecule has 2 N–H and O–H groups in total. The molecular formula is C7H7N3O2. The van der Waals surface area contributed by atoms with Crippen molar-refractivity contribution < 1.29 is 8.94 Å². The monoisotopic (exact) mass is 165 g/mol. The highest BCUT2D eigenvalue weighted by Crippen LogP contribution is 2.21. The standard InChI is InChI=1S/C7H7N3O2/c1-4-5(2-3-11-4)6-9-7(8)12-10-6/h2-3H,1H3,(H2,8,9,10). The first-order valence-corrected chi connectivity index (χ1v) is 3.41. The number of nitrogens with two attached hydrogens (primary N) is 1. The van der Waals surface area contributed by atoms with Gasteiger partial charge in [0.25, 0.3) is 0 Å². The second kappa shape index (κ2) is 2.37. The van der Waals surface area contributed by atoms with E-state index in [1.165, 1.54) is 0 Å². The largest absolute Gasteiger partial charge is 0.469 e. The van der Waals surface area contributed by atoms with E-state index in [0.29, 0.717) is 5.82 Å². The van der Waals surface area contributed by atoms with Crippen molar-refractivity contribution in [3.8, 4) is 11.4 Å². The van der Waals surface area contributed by atoms with Gasteiger partial charge in [-0.25, -0.2) is 0 Å². The van der Waals surface area contributed by atoms with Crippen molar-refractivity contribution in [2.24, 2.45) is 0 Å². The molecule has 0 atom stereocenters. The maximum absolute atomic E-state index is 5.26. The van der Waals surface area contributed by atoms with Gasteiger partial charge in [-0.15, -0.1) is 0 Å². The molecule has 0 radical (unpaired) electrons. The lowest BCUT2D eigenvalue weighted by atomic mass is 10.2. The summed E-state index contributed by atoms with van der Waals surface area (Å²) < 4.78 is 9.68. The number of hydrogen-bond donors (Lipinski definition) is 1. The summed E-state index contributed by atoms with van der Waals surface area (Å²) in [4.78, 5) is 3.85. The maximum Gasteiger partial charge on any atom is 0.319 e. The van der Waals surface area contributed by atoms with Crippen LogP contribution in [0.3, 0.4) is 0 Å². The Hall–Kier alpha value is -1.78. The highest BCUT2D eigenvalue weighted by atomic mass is 16.5. The Kier molecular flexibility index (Phi) is 1.36. The molecule has 0 bridgehead atoms. The first-order valence-electron chi connectivity index (χ1n) is 3.41. The van der Waals surface area contributed by atoms with E-state index >= 15 is 0 Å². The molecular weight excluding hydrogens is 158 g/mol. The van der Waals surface area contributed by atoms with Gasteiger partial charge in [-0.3, -0.25) is 0 Å². The van der Waals surface area contributed by atoms with E-state index in [1.807, 2.05) is 6.92 Å². The number of nitrogens with zero attached hydrogens (tertiary/aromatic N) is 2. The van der Waals surface area contributed by atoms with Crippen LogP contribution in [-0.2, 0) is 0 Å². The van der Waals surface area contributed by atoms with Gasteiger partial charge in [0, 0.05) is 0 Å². The van der Waals surface area contributed by atoms with Gasteiger partial charge in [0.1, 0.15) is 5.76 Å². The fourth-order valence-corrected chi connectivity index (χ4v) is 0.962. The van der Waals surface area contributed by atoms with Crippen LogP contribution < -0.4 is 5.73 Å². The van der Waals surface area contributed by atoms with E-state index in [9.17, 15) is 0 Å². The summed E-state index contributed by atoms with van der Waals surface area (Å²) in [6, 6.07) is 1.82. The lowest BCUT2D eigenvalue weighted by molar-refractivity contribution is 0.436. The van der Waals surface area contributed by atoms with Gasteiger partial charge < -0.3 is 14.7 Å². The highest BCUT2D eigenvalue weighted by Gasteiger charge is 2.10. The number of aryl methyl sites for hydroxylation is 1. The van der Waals surface area contributed by atoms with Crippen molar-refractivity contribution in [3.05, 3.63) is 18.1 Å². The van der Waals surface area contributed by atoms with Crippen molar-refractivity contribution >= 4 is 6.01 Å². The molecule has 2 aromatic heterocycles. The summed E-state index contributed by atoms with van der Waals surface area (Å²) in [7, 11) is 0. The molecule has 0 aliphatic carbocycles. The Balaban J connectivity index is 2.50. The van der Waals surface area contributed by atoms with Crippen molar-refractivity contribution in [1.29, 1.82) is 0 Å². The second-order valence-electron chi connectivity index (χ2n) is 2.35. The zero-order chi connectivity index (χ0) is 8.55. The molecule has 5 heteroatoms. The van der Waals surface area contributed by atoms with Gasteiger partial charge >= 0.3 is 6.01 Å². The second-order valence-corrected chi connectivity index (χ2v) is 2.35. The predicted octanol–water partition coefficient (Wildman–Crippen LogP) is 1.22. The van der Waals surface area contributed by atoms with E-state index in [4.69, 9.17) is 10.2 Å². The fourth-order valence-electron chi connectivity index (χ4n) is 0.962. The van der Waals surface area contributed by atoms with Gasteiger partial charge in [0.15, 0.2) is 0 Å². The Morgan fingerprint density at radius 1 is 1.50 bits per heavy atom. The Morgan fingerprint density at radius 2 is 2.33 bits per heavy atom. The zero-order valence-electron chi connectivity index (χ0n) is 6.44. The molecule has 0 aliphatic heterocycles. The maximum atomic E-state index is 5.26. The molecule has 2 heterocycles. The first kappa shape index (κ1) is 6.90. The molecule has 0 unspecified atom stereocenters. The number of nitrogen functional groups attached to an aromatic ring is 1. The average Bonchev–Trinajstić information content (AvgIpc) is 2.58. The summed E-state index contributed by atoms with van der Waals surface area (Å²) in [5.41, 5.74) is 6.07. The van der Waals surface area contributed by atoms with Crippen LogP contribution >= 0.6 is 0 Å². The Morgan fingerprint density at radius 3 is 2.83 bits per heavy atom. The van der Waals surface area contributed by atoms with Crippen molar-refractivity contribution in [2.45, 2.75) is 6.92 Å².